The Balaban J connectivity index is 1.19. The van der Waals surface area contributed by atoms with Gasteiger partial charge in [-0.15, -0.1) is 22.7 Å². The number of benzene rings is 8. The lowest BCUT2D eigenvalue weighted by atomic mass is 10.0. The standard InChI is InChI=1S/C48H31NS2Si/c1-3-13-35(14-4-1)52(36-15-5-2-6-16-36)47-22-12-9-19-41(47)42-28-25-34(31-48(42)52)49(32-23-26-39-37-17-7-10-20-43(37)50-45(39)29-32)33-24-27-40-38-18-8-11-21-44(38)51-46(40)30-33/h1-31H. The van der Waals surface area contributed by atoms with Crippen LogP contribution in [0.25, 0.3) is 51.5 Å². The van der Waals surface area contributed by atoms with Crippen molar-refractivity contribution in [3.63, 3.8) is 0 Å². The fourth-order valence-corrected chi connectivity index (χ4v) is 16.2. The van der Waals surface area contributed by atoms with Crippen LogP contribution in [-0.2, 0) is 0 Å². The van der Waals surface area contributed by atoms with E-state index in [9.17, 15) is 0 Å². The molecule has 0 saturated carbocycles. The van der Waals surface area contributed by atoms with Crippen molar-refractivity contribution in [1.82, 2.24) is 0 Å². The molecule has 11 rings (SSSR count). The number of nitrogens with zero attached hydrogens (tertiary/aromatic N) is 1. The van der Waals surface area contributed by atoms with Crippen LogP contribution in [0.4, 0.5) is 17.1 Å². The second-order valence-electron chi connectivity index (χ2n) is 13.7. The van der Waals surface area contributed by atoms with Gasteiger partial charge in [0.2, 0.25) is 0 Å². The van der Waals surface area contributed by atoms with Crippen molar-refractivity contribution in [1.29, 1.82) is 0 Å². The van der Waals surface area contributed by atoms with Crippen LogP contribution in [-0.4, -0.2) is 8.07 Å². The summed E-state index contributed by atoms with van der Waals surface area (Å²) in [6, 6.07) is 70.6. The summed E-state index contributed by atoms with van der Waals surface area (Å²) in [6.45, 7) is 0. The lowest BCUT2D eigenvalue weighted by molar-refractivity contribution is 1.30. The first-order valence-corrected chi connectivity index (χ1v) is 21.4. The Kier molecular flexibility index (Phi) is 6.68. The zero-order valence-electron chi connectivity index (χ0n) is 28.2. The molecule has 1 aliphatic heterocycles. The lowest BCUT2D eigenvalue weighted by Gasteiger charge is -2.32. The molecule has 0 radical (unpaired) electrons. The summed E-state index contributed by atoms with van der Waals surface area (Å²) >= 11 is 3.75. The molecule has 10 aromatic rings. The Labute approximate surface area is 311 Å². The van der Waals surface area contributed by atoms with Crippen LogP contribution >= 0.6 is 22.7 Å². The quantitative estimate of drug-likeness (QED) is 0.161. The maximum atomic E-state index is 2.53. The van der Waals surface area contributed by atoms with Crippen LogP contribution in [0.1, 0.15) is 0 Å². The summed E-state index contributed by atoms with van der Waals surface area (Å²) in [5.74, 6) is 0. The van der Waals surface area contributed by atoms with E-state index in [0.29, 0.717) is 0 Å². The van der Waals surface area contributed by atoms with Crippen molar-refractivity contribution in [3.8, 4) is 11.1 Å². The van der Waals surface area contributed by atoms with Crippen LogP contribution in [0.2, 0.25) is 0 Å². The van der Waals surface area contributed by atoms with Crippen LogP contribution in [0.3, 0.4) is 0 Å². The molecule has 0 bridgehead atoms. The predicted octanol–water partition coefficient (Wildman–Crippen LogP) is 11.2. The summed E-state index contributed by atoms with van der Waals surface area (Å²) < 4.78 is 5.25. The number of thiophene rings is 2. The number of hydrogen-bond acceptors (Lipinski definition) is 3. The second-order valence-corrected chi connectivity index (χ2v) is 19.5. The predicted molar refractivity (Wildman–Crippen MR) is 230 cm³/mol. The van der Waals surface area contributed by atoms with Gasteiger partial charge in [-0.1, -0.05) is 140 Å². The molecule has 0 N–H and O–H groups in total. The minimum Gasteiger partial charge on any atom is -0.310 e. The number of fused-ring (bicyclic) bond motifs is 9. The van der Waals surface area contributed by atoms with Gasteiger partial charge in [-0.25, -0.2) is 0 Å². The fourth-order valence-electron chi connectivity index (χ4n) is 8.73. The molecule has 0 fully saturated rings. The first-order valence-electron chi connectivity index (χ1n) is 17.8. The number of hydrogen-bond donors (Lipinski definition) is 0. The normalized spacial score (nSPS) is 13.2. The fraction of sp³-hybridized carbons (Fsp3) is 0. The molecular weight excluding hydrogens is 683 g/mol. The summed E-state index contributed by atoms with van der Waals surface area (Å²) in [6.07, 6.45) is 0. The van der Waals surface area contributed by atoms with Gasteiger partial charge in [-0.2, -0.15) is 0 Å². The third-order valence-electron chi connectivity index (χ3n) is 10.9. The van der Waals surface area contributed by atoms with Crippen LogP contribution < -0.4 is 25.6 Å². The van der Waals surface area contributed by atoms with Gasteiger partial charge < -0.3 is 4.90 Å². The van der Waals surface area contributed by atoms with Gasteiger partial charge in [0, 0.05) is 57.4 Å². The van der Waals surface area contributed by atoms with E-state index in [1.54, 1.807) is 0 Å². The topological polar surface area (TPSA) is 3.24 Å². The van der Waals surface area contributed by atoms with E-state index in [4.69, 9.17) is 0 Å². The lowest BCUT2D eigenvalue weighted by Crippen LogP contribution is -2.72. The molecule has 8 aromatic carbocycles. The Morgan fingerprint density at radius 1 is 0.327 bits per heavy atom. The summed E-state index contributed by atoms with van der Waals surface area (Å²) in [5, 5.41) is 11.0. The van der Waals surface area contributed by atoms with Crippen molar-refractivity contribution < 1.29 is 0 Å². The zero-order chi connectivity index (χ0) is 34.2. The molecule has 0 atom stereocenters. The molecule has 0 spiro atoms. The van der Waals surface area contributed by atoms with E-state index in [-0.39, 0.29) is 0 Å². The van der Waals surface area contributed by atoms with Gasteiger partial charge in [0.1, 0.15) is 0 Å². The monoisotopic (exact) mass is 713 g/mol. The van der Waals surface area contributed by atoms with Gasteiger partial charge in [0.25, 0.3) is 0 Å². The highest BCUT2D eigenvalue weighted by molar-refractivity contribution is 7.26. The van der Waals surface area contributed by atoms with Crippen molar-refractivity contribution in [2.75, 3.05) is 4.90 Å². The molecule has 0 aliphatic carbocycles. The molecule has 4 heteroatoms. The van der Waals surface area contributed by atoms with Crippen molar-refractivity contribution >= 4 is 109 Å². The molecule has 2 aromatic heterocycles. The molecule has 1 nitrogen and oxygen atoms in total. The first-order chi connectivity index (χ1) is 25.8. The van der Waals surface area contributed by atoms with Crippen molar-refractivity contribution in [3.05, 3.63) is 188 Å². The maximum absolute atomic E-state index is 2.66. The average molecular weight is 714 g/mol. The Bertz CT molecular complexity index is 2830. The molecule has 3 heterocycles. The van der Waals surface area contributed by atoms with E-state index in [2.05, 4.69) is 193 Å². The van der Waals surface area contributed by atoms with Gasteiger partial charge in [0.05, 0.1) is 0 Å². The summed E-state index contributed by atoms with van der Waals surface area (Å²) in [7, 11) is -2.66. The first kappa shape index (κ1) is 29.9. The molecule has 1 aliphatic rings. The summed E-state index contributed by atoms with van der Waals surface area (Å²) in [5.41, 5.74) is 6.21. The van der Waals surface area contributed by atoms with E-state index in [0.717, 1.165) is 0 Å². The van der Waals surface area contributed by atoms with Crippen LogP contribution in [0.5, 0.6) is 0 Å². The van der Waals surface area contributed by atoms with Crippen LogP contribution in [0, 0.1) is 0 Å². The van der Waals surface area contributed by atoms with E-state index >= 15 is 0 Å². The zero-order valence-corrected chi connectivity index (χ0v) is 30.8. The third-order valence-corrected chi connectivity index (χ3v) is 18.1. The molecular formula is C48H31NS2Si. The van der Waals surface area contributed by atoms with Crippen molar-refractivity contribution in [2.24, 2.45) is 0 Å². The smallest absolute Gasteiger partial charge is 0.180 e. The molecule has 0 saturated heterocycles. The average Bonchev–Trinajstić information content (AvgIpc) is 3.86. The highest BCUT2D eigenvalue weighted by Crippen LogP contribution is 2.44. The Morgan fingerprint density at radius 3 is 1.37 bits per heavy atom. The Morgan fingerprint density at radius 2 is 0.769 bits per heavy atom. The highest BCUT2D eigenvalue weighted by atomic mass is 32.1. The molecule has 0 unspecified atom stereocenters. The van der Waals surface area contributed by atoms with E-state index in [1.807, 2.05) is 22.7 Å². The molecule has 52 heavy (non-hydrogen) atoms. The van der Waals surface area contributed by atoms with Gasteiger partial charge >= 0.3 is 0 Å². The highest BCUT2D eigenvalue weighted by Gasteiger charge is 2.48. The van der Waals surface area contributed by atoms with Gasteiger partial charge in [-0.05, 0) is 80.4 Å². The van der Waals surface area contributed by atoms with E-state index in [1.165, 1.54) is 89.3 Å². The third kappa shape index (κ3) is 4.32. The maximum Gasteiger partial charge on any atom is 0.180 e. The van der Waals surface area contributed by atoms with Crippen LogP contribution in [0.15, 0.2) is 188 Å². The Hall–Kier alpha value is -5.78. The van der Waals surface area contributed by atoms with Gasteiger partial charge in [0.15, 0.2) is 8.07 Å². The minimum atomic E-state index is -2.66. The SMILES string of the molecule is c1ccc([Si]2(c3ccccc3)c3ccccc3-c3ccc(N(c4ccc5c(c4)sc4ccccc45)c4ccc5c(c4)sc4ccccc45)cc32)cc1. The largest absolute Gasteiger partial charge is 0.310 e. The van der Waals surface area contributed by atoms with Crippen molar-refractivity contribution in [2.45, 2.75) is 0 Å². The number of rotatable bonds is 5. The van der Waals surface area contributed by atoms with Gasteiger partial charge in [-0.3, -0.25) is 0 Å². The molecule has 0 amide bonds. The minimum absolute atomic E-state index is 1.17. The number of anilines is 3. The second kappa shape index (κ2) is 11.6. The van der Waals surface area contributed by atoms with E-state index < -0.39 is 8.07 Å². The summed E-state index contributed by atoms with van der Waals surface area (Å²) in [4.78, 5) is 2.49. The molecule has 244 valence electrons.